The van der Waals surface area contributed by atoms with Crippen molar-refractivity contribution < 1.29 is 24.2 Å². The number of ether oxygens (including phenoxy) is 2. The van der Waals surface area contributed by atoms with Crippen LogP contribution in [0.4, 0.5) is 4.79 Å². The van der Waals surface area contributed by atoms with E-state index in [0.29, 0.717) is 30.9 Å². The van der Waals surface area contributed by atoms with Gasteiger partial charge in [-0.25, -0.2) is 14.6 Å². The molecule has 0 saturated heterocycles. The molecule has 0 radical (unpaired) electrons. The molecular weight excluding hydrogens is 582 g/mol. The van der Waals surface area contributed by atoms with E-state index in [1.165, 1.54) is 0 Å². The van der Waals surface area contributed by atoms with Gasteiger partial charge in [-0.1, -0.05) is 85.8 Å². The first-order valence-corrected chi connectivity index (χ1v) is 15.4. The highest BCUT2D eigenvalue weighted by Crippen LogP contribution is 2.40. The lowest BCUT2D eigenvalue weighted by Gasteiger charge is -2.31. The molecule has 2 aromatic heterocycles. The second-order valence-electron chi connectivity index (χ2n) is 11.7. The van der Waals surface area contributed by atoms with Crippen molar-refractivity contribution in [1.82, 2.24) is 14.5 Å². The molecule has 1 atom stereocenters. The Kier molecular flexibility index (Phi) is 7.62. The van der Waals surface area contributed by atoms with Crippen molar-refractivity contribution in [3.8, 4) is 11.4 Å². The lowest BCUT2D eigenvalue weighted by Crippen LogP contribution is -2.44. The van der Waals surface area contributed by atoms with E-state index in [4.69, 9.17) is 14.5 Å². The fourth-order valence-electron chi connectivity index (χ4n) is 6.49. The molecule has 9 nitrogen and oxygen atoms in total. The van der Waals surface area contributed by atoms with Crippen molar-refractivity contribution in [2.24, 2.45) is 0 Å². The highest BCUT2D eigenvalue weighted by molar-refractivity contribution is 5.89. The zero-order valence-electron chi connectivity index (χ0n) is 25.4. The van der Waals surface area contributed by atoms with Gasteiger partial charge in [0, 0.05) is 29.6 Å². The minimum Gasteiger partial charge on any atom is -0.458 e. The van der Waals surface area contributed by atoms with E-state index < -0.39 is 17.7 Å². The highest BCUT2D eigenvalue weighted by atomic mass is 16.6. The van der Waals surface area contributed by atoms with Crippen LogP contribution in [0, 0.1) is 0 Å². The highest BCUT2D eigenvalue weighted by Gasteiger charge is 2.45. The molecule has 232 valence electrons. The number of carbonyl (C=O) groups is 2. The molecule has 1 amide bonds. The van der Waals surface area contributed by atoms with Gasteiger partial charge in [0.25, 0.3) is 5.56 Å². The average Bonchev–Trinajstić information content (AvgIpc) is 3.46. The number of aromatic nitrogens is 2. The number of esters is 1. The summed E-state index contributed by atoms with van der Waals surface area (Å²) < 4.78 is 12.6. The Morgan fingerprint density at radius 3 is 2.41 bits per heavy atom. The molecule has 1 N–H and O–H groups in total. The maximum atomic E-state index is 13.8. The Morgan fingerprint density at radius 2 is 1.67 bits per heavy atom. The number of carbonyl (C=O) groups excluding carboxylic acids is 2. The molecule has 0 spiro atoms. The number of fused-ring (bicyclic) bond motifs is 5. The number of cyclic esters (lactones) is 1. The Morgan fingerprint density at radius 1 is 0.978 bits per heavy atom. The number of pyridine rings is 2. The molecule has 2 aliphatic rings. The molecule has 5 aromatic rings. The topological polar surface area (TPSA) is 111 Å². The molecule has 0 bridgehead atoms. The minimum atomic E-state index is -1.90. The maximum absolute atomic E-state index is 13.8. The van der Waals surface area contributed by atoms with Crippen LogP contribution in [0.2, 0.25) is 0 Å². The Labute approximate surface area is 265 Å². The van der Waals surface area contributed by atoms with E-state index in [1.54, 1.807) is 22.5 Å². The van der Waals surface area contributed by atoms with Crippen molar-refractivity contribution in [3.05, 3.63) is 135 Å². The van der Waals surface area contributed by atoms with Crippen LogP contribution < -0.4 is 5.56 Å². The fourth-order valence-corrected chi connectivity index (χ4v) is 6.49. The lowest BCUT2D eigenvalue weighted by molar-refractivity contribution is -0.172. The molecule has 46 heavy (non-hydrogen) atoms. The standard InChI is InChI=1S/C37H33N3O6/c1-2-37(44)30-19-32-33-28(21-40(32)34(41)29(30)23-45-35(37)42)26(27-15-9-10-16-31(27)38-33)17-18-39(20-24-11-5-3-6-12-24)36(43)46-22-25-13-7-4-8-14-25/h3-16,19,44H,2,17-18,20-23H2,1H3. The van der Waals surface area contributed by atoms with Crippen molar-refractivity contribution >= 4 is 23.0 Å². The zero-order valence-corrected chi connectivity index (χ0v) is 25.4. The van der Waals surface area contributed by atoms with Crippen molar-refractivity contribution in [3.63, 3.8) is 0 Å². The van der Waals surface area contributed by atoms with Crippen molar-refractivity contribution in [2.45, 2.75) is 51.7 Å². The molecule has 4 heterocycles. The van der Waals surface area contributed by atoms with E-state index >= 15 is 0 Å². The van der Waals surface area contributed by atoms with Gasteiger partial charge in [-0.2, -0.15) is 0 Å². The molecule has 0 fully saturated rings. The third-order valence-electron chi connectivity index (χ3n) is 9.02. The van der Waals surface area contributed by atoms with Crippen LogP contribution in [0.25, 0.3) is 22.3 Å². The van der Waals surface area contributed by atoms with Gasteiger partial charge in [0.05, 0.1) is 29.0 Å². The number of hydrogen-bond donors (Lipinski definition) is 1. The number of rotatable bonds is 8. The molecule has 0 saturated carbocycles. The van der Waals surface area contributed by atoms with Crippen LogP contribution in [0.5, 0.6) is 0 Å². The summed E-state index contributed by atoms with van der Waals surface area (Å²) in [5.74, 6) is -0.755. The summed E-state index contributed by atoms with van der Waals surface area (Å²) in [6.45, 7) is 2.68. The van der Waals surface area contributed by atoms with E-state index in [2.05, 4.69) is 0 Å². The van der Waals surface area contributed by atoms with Gasteiger partial charge in [-0.3, -0.25) is 4.79 Å². The lowest BCUT2D eigenvalue weighted by atomic mass is 9.86. The summed E-state index contributed by atoms with van der Waals surface area (Å²) in [7, 11) is 0. The molecule has 9 heteroatoms. The first kappa shape index (κ1) is 29.4. The van der Waals surface area contributed by atoms with Gasteiger partial charge >= 0.3 is 12.1 Å². The predicted molar refractivity (Wildman–Crippen MR) is 172 cm³/mol. The van der Waals surface area contributed by atoms with Gasteiger partial charge in [-0.15, -0.1) is 0 Å². The monoisotopic (exact) mass is 615 g/mol. The summed E-state index contributed by atoms with van der Waals surface area (Å²) in [5, 5.41) is 12.2. The minimum absolute atomic E-state index is 0.0720. The second-order valence-corrected chi connectivity index (χ2v) is 11.7. The summed E-state index contributed by atoms with van der Waals surface area (Å²) >= 11 is 0. The quantitative estimate of drug-likeness (QED) is 0.226. The molecule has 0 aliphatic carbocycles. The molecule has 7 rings (SSSR count). The van der Waals surface area contributed by atoms with Gasteiger partial charge in [0.15, 0.2) is 5.60 Å². The predicted octanol–water partition coefficient (Wildman–Crippen LogP) is 5.46. The van der Waals surface area contributed by atoms with Gasteiger partial charge in [0.1, 0.15) is 13.2 Å². The molecule has 1 unspecified atom stereocenters. The number of amides is 1. The first-order valence-electron chi connectivity index (χ1n) is 15.4. The van der Waals surface area contributed by atoms with Gasteiger partial charge < -0.3 is 24.0 Å². The smallest absolute Gasteiger partial charge is 0.410 e. The Bertz CT molecular complexity index is 2020. The van der Waals surface area contributed by atoms with E-state index in [0.717, 1.165) is 33.2 Å². The van der Waals surface area contributed by atoms with Crippen molar-refractivity contribution in [2.75, 3.05) is 6.54 Å². The van der Waals surface area contributed by atoms with Crippen LogP contribution in [-0.2, 0) is 52.6 Å². The third kappa shape index (κ3) is 5.12. The Hall–Kier alpha value is -5.28. The first-order chi connectivity index (χ1) is 22.4. The largest absolute Gasteiger partial charge is 0.458 e. The number of benzene rings is 3. The average molecular weight is 616 g/mol. The fraction of sp³-hybridized carbons (Fsp3) is 0.243. The molecule has 3 aromatic carbocycles. The van der Waals surface area contributed by atoms with Gasteiger partial charge in [-0.05, 0) is 41.7 Å². The summed E-state index contributed by atoms with van der Waals surface area (Å²) in [5.41, 5.74) is 4.03. The van der Waals surface area contributed by atoms with Crippen LogP contribution in [0.1, 0.15) is 46.7 Å². The zero-order chi connectivity index (χ0) is 31.8. The molecular formula is C37H33N3O6. The van der Waals surface area contributed by atoms with Crippen molar-refractivity contribution in [1.29, 1.82) is 0 Å². The van der Waals surface area contributed by atoms with E-state index in [-0.39, 0.29) is 42.9 Å². The summed E-state index contributed by atoms with van der Waals surface area (Å²) in [4.78, 5) is 46.6. The summed E-state index contributed by atoms with van der Waals surface area (Å²) in [6, 6.07) is 28.9. The van der Waals surface area contributed by atoms with Gasteiger partial charge in [0.2, 0.25) is 0 Å². The van der Waals surface area contributed by atoms with Crippen LogP contribution in [-0.4, -0.2) is 38.2 Å². The number of para-hydroxylation sites is 1. The third-order valence-corrected chi connectivity index (χ3v) is 9.02. The Balaban J connectivity index is 1.26. The van der Waals surface area contributed by atoms with Crippen LogP contribution >= 0.6 is 0 Å². The van der Waals surface area contributed by atoms with E-state index in [1.807, 2.05) is 84.9 Å². The summed E-state index contributed by atoms with van der Waals surface area (Å²) in [6.07, 6.45) is 0.142. The number of nitrogens with zero attached hydrogens (tertiary/aromatic N) is 3. The maximum Gasteiger partial charge on any atom is 0.410 e. The van der Waals surface area contributed by atoms with Crippen LogP contribution in [0.3, 0.4) is 0 Å². The second kappa shape index (κ2) is 11.9. The SMILES string of the molecule is CCC1(O)C(=O)OCc2c1cc1n(c2=O)Cc2c-1nc1ccccc1c2CCN(Cc1ccccc1)C(=O)OCc1ccccc1. The normalized spacial score (nSPS) is 16.3. The van der Waals surface area contributed by atoms with Crippen LogP contribution in [0.15, 0.2) is 95.8 Å². The van der Waals surface area contributed by atoms with E-state index in [9.17, 15) is 19.5 Å². The number of hydrogen-bond acceptors (Lipinski definition) is 7. The number of aliphatic hydroxyl groups is 1. The molecule has 2 aliphatic heterocycles.